The molecule has 33 heavy (non-hydrogen) atoms. The molecule has 0 unspecified atom stereocenters. The summed E-state index contributed by atoms with van der Waals surface area (Å²) in [7, 11) is -3.41. The molecule has 3 atom stereocenters. The van der Waals surface area contributed by atoms with Gasteiger partial charge in [-0.15, -0.1) is 0 Å². The van der Waals surface area contributed by atoms with Gasteiger partial charge >= 0.3 is 0 Å². The van der Waals surface area contributed by atoms with Crippen LogP contribution in [0, 0.1) is 0 Å². The summed E-state index contributed by atoms with van der Waals surface area (Å²) in [6.07, 6.45) is -4.47. The van der Waals surface area contributed by atoms with Crippen molar-refractivity contribution >= 4 is 27.0 Å². The van der Waals surface area contributed by atoms with E-state index in [2.05, 4.69) is 15.3 Å². The highest BCUT2D eigenvalue weighted by atomic mass is 32.2. The smallest absolute Gasteiger partial charge is 0.269 e. The zero-order chi connectivity index (χ0) is 25.8. The van der Waals surface area contributed by atoms with E-state index in [1.165, 1.54) is 4.31 Å². The maximum absolute atomic E-state index is 14.9. The third-order valence-electron chi connectivity index (χ3n) is 6.10. The van der Waals surface area contributed by atoms with Crippen LogP contribution >= 0.6 is 0 Å². The first-order valence-corrected chi connectivity index (χ1v) is 12.4. The number of aliphatic hydroxyl groups excluding tert-OH is 1. The number of hydrogen-bond donors (Lipinski definition) is 2. The van der Waals surface area contributed by atoms with Gasteiger partial charge in [-0.25, -0.2) is 30.9 Å². The van der Waals surface area contributed by atoms with Crippen molar-refractivity contribution in [3.05, 3.63) is 28.2 Å². The van der Waals surface area contributed by atoms with Crippen LogP contribution in [0.15, 0.2) is 17.1 Å². The molecule has 0 bridgehead atoms. The average Bonchev–Trinajstić information content (AvgIpc) is 2.74. The van der Waals surface area contributed by atoms with Gasteiger partial charge in [-0.1, -0.05) is 0 Å². The Morgan fingerprint density at radius 3 is 2.64 bits per heavy atom. The highest BCUT2D eigenvalue weighted by molar-refractivity contribution is 7.88. The Balaban J connectivity index is 1.76. The molecule has 0 amide bonds. The zero-order valence-electron chi connectivity index (χ0n) is 19.8. The quantitative estimate of drug-likeness (QED) is 0.657. The van der Waals surface area contributed by atoms with E-state index >= 15 is 0 Å². The molecule has 2 N–H and O–H groups in total. The predicted molar refractivity (Wildman–Crippen MR) is 116 cm³/mol. The highest BCUT2D eigenvalue weighted by Gasteiger charge is 2.34. The van der Waals surface area contributed by atoms with Crippen molar-refractivity contribution in [1.82, 2.24) is 18.8 Å². The molecule has 4 rings (SSSR count). The van der Waals surface area contributed by atoms with Gasteiger partial charge in [-0.05, 0) is 38.2 Å². The molecule has 9 nitrogen and oxygen atoms in total. The van der Waals surface area contributed by atoms with Crippen LogP contribution in [0.3, 0.4) is 0 Å². The van der Waals surface area contributed by atoms with Crippen LogP contribution < -0.4 is 10.9 Å². The molecule has 2 aliphatic rings. The molecule has 182 valence electrons. The second-order valence-corrected chi connectivity index (χ2v) is 10.4. The summed E-state index contributed by atoms with van der Waals surface area (Å²) in [5.74, 6) is -0.120. The van der Waals surface area contributed by atoms with Gasteiger partial charge < -0.3 is 10.4 Å². The van der Waals surface area contributed by atoms with E-state index in [0.717, 1.165) is 23.1 Å². The van der Waals surface area contributed by atoms with Crippen molar-refractivity contribution in [1.29, 1.82) is 0 Å². The number of hydrogen-bond acceptors (Lipinski definition) is 7. The van der Waals surface area contributed by atoms with E-state index in [9.17, 15) is 31.5 Å². The predicted octanol–water partition coefficient (Wildman–Crippen LogP) is 1.99. The monoisotopic (exact) mass is 491 g/mol. The standard InChI is InChI=1S/C20H26F3N5O4S/c1-33(31,32)27-6-4-12(5-7-27)25-20-24-10-11-8-14(17(22)23)19(30)28(18(11)26-20)16-9-13(29)2-3-15(16)21/h8,10,12-13,15-17,29H,2-7,9H2,1H3,(H,24,25,26)/t13-,15+,16+/m1/s1/i12D,17D. The number of rotatable bonds is 5. The second-order valence-electron chi connectivity index (χ2n) is 8.41. The van der Waals surface area contributed by atoms with Crippen LogP contribution in [-0.2, 0) is 10.0 Å². The average molecular weight is 492 g/mol. The van der Waals surface area contributed by atoms with Crippen LogP contribution in [0.1, 0.15) is 52.9 Å². The topological polar surface area (TPSA) is 117 Å². The summed E-state index contributed by atoms with van der Waals surface area (Å²) in [6, 6.07) is -1.82. The van der Waals surface area contributed by atoms with Crippen LogP contribution in [0.5, 0.6) is 0 Å². The molecule has 1 saturated carbocycles. The van der Waals surface area contributed by atoms with E-state index in [1.807, 2.05) is 0 Å². The largest absolute Gasteiger partial charge is 0.393 e. The fraction of sp³-hybridized carbons (Fsp3) is 0.650. The Labute approximate surface area is 191 Å². The van der Waals surface area contributed by atoms with Gasteiger partial charge in [0.1, 0.15) is 13.2 Å². The molecule has 0 radical (unpaired) electrons. The number of fused-ring (bicyclic) bond motifs is 1. The van der Waals surface area contributed by atoms with Crippen molar-refractivity contribution in [2.75, 3.05) is 24.7 Å². The number of piperidine rings is 1. The summed E-state index contributed by atoms with van der Waals surface area (Å²) < 4.78 is 83.9. The van der Waals surface area contributed by atoms with Crippen LogP contribution in [-0.4, -0.2) is 70.0 Å². The molecule has 2 aromatic heterocycles. The summed E-state index contributed by atoms with van der Waals surface area (Å²) in [5.41, 5.74) is -2.61. The summed E-state index contributed by atoms with van der Waals surface area (Å²) in [5, 5.41) is 12.8. The van der Waals surface area contributed by atoms with E-state index in [4.69, 9.17) is 2.74 Å². The highest BCUT2D eigenvalue weighted by Crippen LogP contribution is 2.33. The van der Waals surface area contributed by atoms with E-state index in [0.29, 0.717) is 0 Å². The Morgan fingerprint density at radius 1 is 1.30 bits per heavy atom. The number of anilines is 1. The molecular weight excluding hydrogens is 463 g/mol. The number of aromatic nitrogens is 3. The molecule has 1 saturated heterocycles. The Kier molecular flexibility index (Phi) is 5.93. The maximum Gasteiger partial charge on any atom is 0.269 e. The molecule has 1 aliphatic heterocycles. The molecule has 2 aromatic rings. The van der Waals surface area contributed by atoms with Crippen molar-refractivity contribution in [3.63, 3.8) is 0 Å². The lowest BCUT2D eigenvalue weighted by Gasteiger charge is -2.32. The number of aliphatic hydroxyl groups is 1. The fourth-order valence-corrected chi connectivity index (χ4v) is 5.20. The summed E-state index contributed by atoms with van der Waals surface area (Å²) in [4.78, 5) is 21.3. The molecule has 0 spiro atoms. The number of nitrogens with one attached hydrogen (secondary N) is 1. The van der Waals surface area contributed by atoms with Gasteiger partial charge in [0.05, 0.1) is 25.3 Å². The minimum atomic E-state index is -4.25. The van der Waals surface area contributed by atoms with Crippen molar-refractivity contribution in [3.8, 4) is 0 Å². The maximum atomic E-state index is 14.9. The number of alkyl halides is 3. The lowest BCUT2D eigenvalue weighted by atomic mass is 9.90. The van der Waals surface area contributed by atoms with Crippen LogP contribution in [0.2, 0.25) is 0 Å². The lowest BCUT2D eigenvalue weighted by Crippen LogP contribution is -2.42. The molecule has 1 aliphatic carbocycles. The first-order chi connectivity index (χ1) is 16.2. The molecular formula is C20H26F3N5O4S. The van der Waals surface area contributed by atoms with Crippen molar-refractivity contribution in [2.45, 2.75) is 62.8 Å². The third-order valence-corrected chi connectivity index (χ3v) is 7.40. The fourth-order valence-electron chi connectivity index (χ4n) is 4.35. The molecule has 0 aromatic carbocycles. The first-order valence-electron chi connectivity index (χ1n) is 11.5. The van der Waals surface area contributed by atoms with Gasteiger partial charge in [0.25, 0.3) is 12.0 Å². The Hall–Kier alpha value is -2.25. The first kappa shape index (κ1) is 21.3. The third kappa shape index (κ3) is 4.99. The molecule has 3 heterocycles. The van der Waals surface area contributed by atoms with Crippen LogP contribution in [0.25, 0.3) is 11.0 Å². The SMILES string of the molecule is [2H]C1(Nc2ncc3cc(C([2H])(F)F)c(=O)n([C@H]4C[C@H](O)CC[C@@H]4F)c3n2)CCN(S(C)(=O)=O)CC1. The van der Waals surface area contributed by atoms with Gasteiger partial charge in [0.15, 0.2) is 0 Å². The number of pyridine rings is 1. The second kappa shape index (κ2) is 9.18. The summed E-state index contributed by atoms with van der Waals surface area (Å²) in [6.45, 7) is 0.193. The minimum Gasteiger partial charge on any atom is -0.393 e. The van der Waals surface area contributed by atoms with Gasteiger partial charge in [0, 0.05) is 30.7 Å². The van der Waals surface area contributed by atoms with E-state index in [1.54, 1.807) is 0 Å². The number of halogens is 3. The normalized spacial score (nSPS) is 27.7. The van der Waals surface area contributed by atoms with E-state index < -0.39 is 51.9 Å². The summed E-state index contributed by atoms with van der Waals surface area (Å²) >= 11 is 0. The van der Waals surface area contributed by atoms with Gasteiger partial charge in [-0.3, -0.25) is 9.36 Å². The van der Waals surface area contributed by atoms with Crippen LogP contribution in [0.4, 0.5) is 19.1 Å². The van der Waals surface area contributed by atoms with Crippen molar-refractivity contribution < 1.29 is 29.4 Å². The van der Waals surface area contributed by atoms with Gasteiger partial charge in [0.2, 0.25) is 16.0 Å². The van der Waals surface area contributed by atoms with Crippen molar-refractivity contribution in [2.24, 2.45) is 0 Å². The zero-order valence-corrected chi connectivity index (χ0v) is 18.7. The number of sulfonamides is 1. The number of nitrogens with zero attached hydrogens (tertiary/aromatic N) is 4. The molecule has 2 fully saturated rings. The lowest BCUT2D eigenvalue weighted by molar-refractivity contribution is 0.0549. The Morgan fingerprint density at radius 2 is 2.00 bits per heavy atom. The Bertz CT molecular complexity index is 1280. The van der Waals surface area contributed by atoms with Gasteiger partial charge in [-0.2, -0.15) is 4.98 Å². The molecule has 13 heteroatoms. The van der Waals surface area contributed by atoms with E-state index in [-0.39, 0.29) is 62.2 Å². The minimum absolute atomic E-state index is 0.0322.